The van der Waals surface area contributed by atoms with Gasteiger partial charge in [-0.2, -0.15) is 5.10 Å². The number of carbonyl (C=O) groups excluding carboxylic acids is 1. The number of hydrogen-bond donors (Lipinski definition) is 2. The molecule has 3 aromatic heterocycles. The molecule has 1 saturated heterocycles. The third-order valence-electron chi connectivity index (χ3n) is 4.91. The number of nitrogens with zero attached hydrogens (tertiary/aromatic N) is 3. The van der Waals surface area contributed by atoms with E-state index in [1.807, 2.05) is 22.1 Å². The summed E-state index contributed by atoms with van der Waals surface area (Å²) in [6.45, 7) is 4.32. The number of carbonyl (C=O) groups is 1. The fourth-order valence-electron chi connectivity index (χ4n) is 3.41. The van der Waals surface area contributed by atoms with E-state index in [1.54, 1.807) is 22.7 Å². The SMILES string of the molecule is O=C(CCn1c(-c2cccs2)n[nH]c1=S)NCC(c1cccs1)N1CCOCC1. The second kappa shape index (κ2) is 9.77. The summed E-state index contributed by atoms with van der Waals surface area (Å²) < 4.78 is 7.90. The first-order valence-corrected chi connectivity index (χ1v) is 11.7. The van der Waals surface area contributed by atoms with E-state index in [2.05, 4.69) is 37.9 Å². The highest BCUT2D eigenvalue weighted by atomic mass is 32.1. The van der Waals surface area contributed by atoms with Crippen LogP contribution in [0.15, 0.2) is 35.0 Å². The Morgan fingerprint density at radius 2 is 2.07 bits per heavy atom. The van der Waals surface area contributed by atoms with Gasteiger partial charge in [-0.1, -0.05) is 12.1 Å². The van der Waals surface area contributed by atoms with E-state index in [0.717, 1.165) is 37.0 Å². The van der Waals surface area contributed by atoms with Crippen molar-refractivity contribution in [2.24, 2.45) is 0 Å². The standard InChI is InChI=1S/C19H23N5O2S3/c25-17(5-6-24-18(21-22-19(24)27)16-4-2-12-29-16)20-13-14(15-3-1-11-28-15)23-7-9-26-10-8-23/h1-4,11-12,14H,5-10,13H2,(H,20,25)(H,22,27). The number of aromatic nitrogens is 3. The molecule has 0 bridgehead atoms. The van der Waals surface area contributed by atoms with Crippen molar-refractivity contribution in [1.82, 2.24) is 25.0 Å². The lowest BCUT2D eigenvalue weighted by Crippen LogP contribution is -2.43. The highest BCUT2D eigenvalue weighted by molar-refractivity contribution is 7.71. The Morgan fingerprint density at radius 3 is 2.79 bits per heavy atom. The molecule has 3 aromatic rings. The molecule has 0 spiro atoms. The Morgan fingerprint density at radius 1 is 1.28 bits per heavy atom. The van der Waals surface area contributed by atoms with Gasteiger partial charge >= 0.3 is 0 Å². The normalized spacial score (nSPS) is 16.0. The molecule has 1 aliphatic rings. The van der Waals surface area contributed by atoms with Crippen LogP contribution < -0.4 is 5.32 Å². The van der Waals surface area contributed by atoms with Crippen LogP contribution in [0, 0.1) is 4.77 Å². The largest absolute Gasteiger partial charge is 0.379 e. The molecule has 1 amide bonds. The molecular weight excluding hydrogens is 426 g/mol. The number of hydrogen-bond acceptors (Lipinski definition) is 7. The van der Waals surface area contributed by atoms with Gasteiger partial charge in [0.1, 0.15) is 0 Å². The fraction of sp³-hybridized carbons (Fsp3) is 0.421. The molecule has 1 atom stereocenters. The first kappa shape index (κ1) is 20.4. The lowest BCUT2D eigenvalue weighted by Gasteiger charge is -2.34. The second-order valence-corrected chi connectivity index (χ2v) is 9.03. The number of rotatable bonds is 8. The zero-order valence-corrected chi connectivity index (χ0v) is 18.3. The first-order chi connectivity index (χ1) is 14.2. The van der Waals surface area contributed by atoms with Crippen LogP contribution in [-0.4, -0.2) is 58.4 Å². The van der Waals surface area contributed by atoms with Crippen LogP contribution in [0.3, 0.4) is 0 Å². The molecule has 154 valence electrons. The number of morpholine rings is 1. The van der Waals surface area contributed by atoms with Crippen molar-refractivity contribution in [2.75, 3.05) is 32.8 Å². The van der Waals surface area contributed by atoms with Crippen molar-refractivity contribution in [1.29, 1.82) is 0 Å². The number of ether oxygens (including phenoxy) is 1. The van der Waals surface area contributed by atoms with Crippen LogP contribution in [0.5, 0.6) is 0 Å². The van der Waals surface area contributed by atoms with Gasteiger partial charge in [0.25, 0.3) is 0 Å². The van der Waals surface area contributed by atoms with Crippen molar-refractivity contribution in [3.05, 3.63) is 44.7 Å². The molecule has 10 heteroatoms. The molecule has 0 aliphatic carbocycles. The predicted molar refractivity (Wildman–Crippen MR) is 118 cm³/mol. The molecule has 4 rings (SSSR count). The monoisotopic (exact) mass is 449 g/mol. The second-order valence-electron chi connectivity index (χ2n) is 6.71. The minimum absolute atomic E-state index is 0.0139. The quantitative estimate of drug-likeness (QED) is 0.516. The average Bonchev–Trinajstić information content (AvgIpc) is 3.50. The molecule has 29 heavy (non-hydrogen) atoms. The molecule has 4 heterocycles. The zero-order chi connectivity index (χ0) is 20.1. The van der Waals surface area contributed by atoms with E-state index >= 15 is 0 Å². The summed E-state index contributed by atoms with van der Waals surface area (Å²) >= 11 is 8.67. The molecule has 7 nitrogen and oxygen atoms in total. The van der Waals surface area contributed by atoms with Crippen LogP contribution in [0.4, 0.5) is 0 Å². The summed E-state index contributed by atoms with van der Waals surface area (Å²) in [5.41, 5.74) is 0. The lowest BCUT2D eigenvalue weighted by atomic mass is 10.2. The molecule has 2 N–H and O–H groups in total. The van der Waals surface area contributed by atoms with Gasteiger partial charge < -0.3 is 10.1 Å². The van der Waals surface area contributed by atoms with Gasteiger partial charge in [-0.25, -0.2) is 0 Å². The summed E-state index contributed by atoms with van der Waals surface area (Å²) in [6.07, 6.45) is 0.354. The van der Waals surface area contributed by atoms with Crippen molar-refractivity contribution >= 4 is 40.8 Å². The lowest BCUT2D eigenvalue weighted by molar-refractivity contribution is -0.121. The van der Waals surface area contributed by atoms with Crippen molar-refractivity contribution in [3.8, 4) is 10.7 Å². The van der Waals surface area contributed by atoms with E-state index in [-0.39, 0.29) is 11.9 Å². The van der Waals surface area contributed by atoms with Crippen molar-refractivity contribution < 1.29 is 9.53 Å². The minimum Gasteiger partial charge on any atom is -0.379 e. The molecule has 1 unspecified atom stereocenters. The smallest absolute Gasteiger partial charge is 0.221 e. The van der Waals surface area contributed by atoms with Gasteiger partial charge in [-0.15, -0.1) is 22.7 Å². The maximum Gasteiger partial charge on any atom is 0.221 e. The summed E-state index contributed by atoms with van der Waals surface area (Å²) in [5.74, 6) is 0.794. The van der Waals surface area contributed by atoms with E-state index in [0.29, 0.717) is 24.3 Å². The van der Waals surface area contributed by atoms with Gasteiger partial charge in [0, 0.05) is 37.5 Å². The molecule has 1 fully saturated rings. The van der Waals surface area contributed by atoms with Gasteiger partial charge in [0.05, 0.1) is 24.1 Å². The maximum absolute atomic E-state index is 12.6. The highest BCUT2D eigenvalue weighted by Crippen LogP contribution is 2.26. The molecule has 0 radical (unpaired) electrons. The van der Waals surface area contributed by atoms with E-state index in [4.69, 9.17) is 17.0 Å². The summed E-state index contributed by atoms with van der Waals surface area (Å²) in [6, 6.07) is 8.35. The molecule has 1 aliphatic heterocycles. The first-order valence-electron chi connectivity index (χ1n) is 9.53. The van der Waals surface area contributed by atoms with Gasteiger partial charge in [-0.05, 0) is 35.1 Å². The summed E-state index contributed by atoms with van der Waals surface area (Å²) in [7, 11) is 0. The van der Waals surface area contributed by atoms with Gasteiger partial charge in [0.15, 0.2) is 10.6 Å². The Labute approximate surface area is 182 Å². The maximum atomic E-state index is 12.6. The Bertz CT molecular complexity index is 959. The number of H-pyrrole nitrogens is 1. The Balaban J connectivity index is 1.36. The Hall–Kier alpha value is -1.85. The fourth-order valence-corrected chi connectivity index (χ4v) is 5.22. The molecular formula is C19H23N5O2S3. The number of thiophene rings is 2. The minimum atomic E-state index is 0.0139. The van der Waals surface area contributed by atoms with E-state index in [9.17, 15) is 4.79 Å². The number of aromatic amines is 1. The third kappa shape index (κ3) is 5.01. The van der Waals surface area contributed by atoms with Gasteiger partial charge in [-0.3, -0.25) is 19.4 Å². The number of nitrogens with one attached hydrogen (secondary N) is 2. The number of amides is 1. The van der Waals surface area contributed by atoms with Crippen LogP contribution in [0.1, 0.15) is 17.3 Å². The molecule has 0 aromatic carbocycles. The summed E-state index contributed by atoms with van der Waals surface area (Å²) in [4.78, 5) is 17.3. The predicted octanol–water partition coefficient (Wildman–Crippen LogP) is 3.31. The topological polar surface area (TPSA) is 75.2 Å². The zero-order valence-electron chi connectivity index (χ0n) is 15.9. The molecule has 0 saturated carbocycles. The van der Waals surface area contributed by atoms with Crippen molar-refractivity contribution in [2.45, 2.75) is 19.0 Å². The van der Waals surface area contributed by atoms with Crippen LogP contribution in [0.25, 0.3) is 10.7 Å². The third-order valence-corrected chi connectivity index (χ3v) is 7.06. The Kier molecular flexibility index (Phi) is 6.88. The van der Waals surface area contributed by atoms with Crippen LogP contribution in [0.2, 0.25) is 0 Å². The van der Waals surface area contributed by atoms with Gasteiger partial charge in [0.2, 0.25) is 5.91 Å². The van der Waals surface area contributed by atoms with Crippen molar-refractivity contribution in [3.63, 3.8) is 0 Å². The van der Waals surface area contributed by atoms with Crippen LogP contribution in [-0.2, 0) is 16.1 Å². The van der Waals surface area contributed by atoms with E-state index in [1.165, 1.54) is 4.88 Å². The average molecular weight is 450 g/mol. The highest BCUT2D eigenvalue weighted by Gasteiger charge is 2.24. The van der Waals surface area contributed by atoms with E-state index < -0.39 is 0 Å². The summed E-state index contributed by atoms with van der Waals surface area (Å²) in [5, 5.41) is 14.3. The van der Waals surface area contributed by atoms with Crippen LogP contribution >= 0.6 is 34.9 Å².